The summed E-state index contributed by atoms with van der Waals surface area (Å²) in [7, 11) is 0. The number of hydrogen-bond acceptors (Lipinski definition) is 1. The second kappa shape index (κ2) is 8.19. The predicted molar refractivity (Wildman–Crippen MR) is 81.9 cm³/mol. The van der Waals surface area contributed by atoms with Gasteiger partial charge in [-0.1, -0.05) is 47.0 Å². The van der Waals surface area contributed by atoms with Gasteiger partial charge in [0.15, 0.2) is 0 Å². The molecule has 0 bridgehead atoms. The van der Waals surface area contributed by atoms with E-state index in [1.54, 1.807) is 0 Å². The lowest BCUT2D eigenvalue weighted by Gasteiger charge is -2.40. The average Bonchev–Trinajstić information content (AvgIpc) is 2.37. The number of nitrogens with one attached hydrogen (secondary N) is 1. The molecule has 1 N–H and O–H groups in total. The first-order valence-electron chi connectivity index (χ1n) is 8.32. The summed E-state index contributed by atoms with van der Waals surface area (Å²) in [6, 6.07) is 0. The fraction of sp³-hybridized carbons (Fsp3) is 1.00. The molecule has 108 valence electrons. The molecule has 1 heteroatoms. The molecule has 18 heavy (non-hydrogen) atoms. The molecule has 1 aliphatic carbocycles. The summed E-state index contributed by atoms with van der Waals surface area (Å²) >= 11 is 0. The zero-order valence-corrected chi connectivity index (χ0v) is 13.2. The van der Waals surface area contributed by atoms with E-state index in [2.05, 4.69) is 33.0 Å². The molecular weight excluding hydrogens is 218 g/mol. The topological polar surface area (TPSA) is 12.0 Å². The fourth-order valence-electron chi connectivity index (χ4n) is 3.35. The van der Waals surface area contributed by atoms with Crippen molar-refractivity contribution in [1.29, 1.82) is 0 Å². The molecule has 0 amide bonds. The molecular formula is C17H35N. The van der Waals surface area contributed by atoms with Crippen LogP contribution < -0.4 is 5.32 Å². The SMILES string of the molecule is CCCCC1CCC(CC)(CNCC(C)C)CC1. The van der Waals surface area contributed by atoms with Crippen LogP contribution in [0.1, 0.15) is 79.1 Å². The van der Waals surface area contributed by atoms with Crippen LogP contribution in [0.3, 0.4) is 0 Å². The average molecular weight is 253 g/mol. The van der Waals surface area contributed by atoms with Crippen molar-refractivity contribution < 1.29 is 0 Å². The first-order chi connectivity index (χ1) is 8.62. The molecule has 1 aliphatic rings. The molecule has 1 fully saturated rings. The lowest BCUT2D eigenvalue weighted by molar-refractivity contribution is 0.132. The normalized spacial score (nSPS) is 28.8. The third-order valence-corrected chi connectivity index (χ3v) is 4.93. The molecule has 0 atom stereocenters. The number of unbranched alkanes of at least 4 members (excludes halogenated alkanes) is 1. The second-order valence-electron chi connectivity index (χ2n) is 6.96. The first-order valence-corrected chi connectivity index (χ1v) is 8.32. The summed E-state index contributed by atoms with van der Waals surface area (Å²) < 4.78 is 0. The van der Waals surface area contributed by atoms with Crippen LogP contribution in [0.4, 0.5) is 0 Å². The minimum atomic E-state index is 0.623. The Labute approximate surface area is 115 Å². The highest BCUT2D eigenvalue weighted by Gasteiger charge is 2.33. The first kappa shape index (κ1) is 16.0. The molecule has 0 unspecified atom stereocenters. The van der Waals surface area contributed by atoms with Gasteiger partial charge in [0.25, 0.3) is 0 Å². The zero-order chi connectivity index (χ0) is 13.4. The van der Waals surface area contributed by atoms with Gasteiger partial charge in [0, 0.05) is 6.54 Å². The van der Waals surface area contributed by atoms with Crippen molar-refractivity contribution in [2.75, 3.05) is 13.1 Å². The van der Waals surface area contributed by atoms with Gasteiger partial charge in [-0.2, -0.15) is 0 Å². The van der Waals surface area contributed by atoms with Gasteiger partial charge in [-0.25, -0.2) is 0 Å². The summed E-state index contributed by atoms with van der Waals surface area (Å²) in [6.07, 6.45) is 11.5. The van der Waals surface area contributed by atoms with Crippen LogP contribution in [0.25, 0.3) is 0 Å². The van der Waals surface area contributed by atoms with Crippen molar-refractivity contribution in [3.05, 3.63) is 0 Å². The molecule has 1 nitrogen and oxygen atoms in total. The molecule has 1 rings (SSSR count). The van der Waals surface area contributed by atoms with E-state index in [0.717, 1.165) is 11.8 Å². The molecule has 0 saturated heterocycles. The van der Waals surface area contributed by atoms with Crippen LogP contribution in [-0.4, -0.2) is 13.1 Å². The van der Waals surface area contributed by atoms with E-state index < -0.39 is 0 Å². The third-order valence-electron chi connectivity index (χ3n) is 4.93. The number of rotatable bonds is 8. The van der Waals surface area contributed by atoms with E-state index in [-0.39, 0.29) is 0 Å². The fourth-order valence-corrected chi connectivity index (χ4v) is 3.35. The Bertz CT molecular complexity index is 202. The summed E-state index contributed by atoms with van der Waals surface area (Å²) in [6.45, 7) is 11.7. The molecule has 1 saturated carbocycles. The van der Waals surface area contributed by atoms with E-state index >= 15 is 0 Å². The molecule has 0 heterocycles. The number of hydrogen-bond donors (Lipinski definition) is 1. The van der Waals surface area contributed by atoms with Gasteiger partial charge in [-0.3, -0.25) is 0 Å². The smallest absolute Gasteiger partial charge is 0.000782 e. The maximum Gasteiger partial charge on any atom is 0.000782 e. The van der Waals surface area contributed by atoms with Crippen molar-refractivity contribution in [1.82, 2.24) is 5.32 Å². The maximum absolute atomic E-state index is 3.70. The van der Waals surface area contributed by atoms with Crippen LogP contribution in [0.5, 0.6) is 0 Å². The highest BCUT2D eigenvalue weighted by atomic mass is 14.9. The summed E-state index contributed by atoms with van der Waals surface area (Å²) in [5.41, 5.74) is 0.623. The van der Waals surface area contributed by atoms with Crippen LogP contribution in [0.2, 0.25) is 0 Å². The molecule has 0 spiro atoms. The highest BCUT2D eigenvalue weighted by molar-refractivity contribution is 4.86. The van der Waals surface area contributed by atoms with E-state index in [9.17, 15) is 0 Å². The van der Waals surface area contributed by atoms with Crippen LogP contribution in [-0.2, 0) is 0 Å². The van der Waals surface area contributed by atoms with Gasteiger partial charge in [-0.15, -0.1) is 0 Å². The minimum Gasteiger partial charge on any atom is -0.316 e. The van der Waals surface area contributed by atoms with Crippen molar-refractivity contribution in [3.8, 4) is 0 Å². The largest absolute Gasteiger partial charge is 0.316 e. The van der Waals surface area contributed by atoms with Crippen molar-refractivity contribution >= 4 is 0 Å². The summed E-state index contributed by atoms with van der Waals surface area (Å²) in [5, 5.41) is 3.70. The van der Waals surface area contributed by atoms with Gasteiger partial charge < -0.3 is 5.32 Å². The summed E-state index contributed by atoms with van der Waals surface area (Å²) in [4.78, 5) is 0. The standard InChI is InChI=1S/C17H35N/c1-5-7-8-16-9-11-17(6-2,12-10-16)14-18-13-15(3)4/h15-16,18H,5-14H2,1-4H3. The Kier molecular flexibility index (Phi) is 7.29. The Morgan fingerprint density at radius 3 is 2.33 bits per heavy atom. The molecule has 0 aliphatic heterocycles. The van der Waals surface area contributed by atoms with Gasteiger partial charge >= 0.3 is 0 Å². The predicted octanol–water partition coefficient (Wildman–Crippen LogP) is 5.01. The van der Waals surface area contributed by atoms with Gasteiger partial charge in [0.05, 0.1) is 0 Å². The minimum absolute atomic E-state index is 0.623. The lowest BCUT2D eigenvalue weighted by atomic mass is 9.68. The van der Waals surface area contributed by atoms with E-state index in [4.69, 9.17) is 0 Å². The van der Waals surface area contributed by atoms with E-state index in [1.807, 2.05) is 0 Å². The summed E-state index contributed by atoms with van der Waals surface area (Å²) in [5.74, 6) is 1.81. The Morgan fingerprint density at radius 1 is 1.17 bits per heavy atom. The maximum atomic E-state index is 3.70. The van der Waals surface area contributed by atoms with Crippen LogP contribution >= 0.6 is 0 Å². The van der Waals surface area contributed by atoms with Gasteiger partial charge in [-0.05, 0) is 55.9 Å². The van der Waals surface area contributed by atoms with Crippen molar-refractivity contribution in [3.63, 3.8) is 0 Å². The Hall–Kier alpha value is -0.0400. The van der Waals surface area contributed by atoms with Gasteiger partial charge in [0.1, 0.15) is 0 Å². The molecule has 0 aromatic carbocycles. The highest BCUT2D eigenvalue weighted by Crippen LogP contribution is 2.42. The lowest BCUT2D eigenvalue weighted by Crippen LogP contribution is -2.38. The monoisotopic (exact) mass is 253 g/mol. The molecule has 0 radical (unpaired) electrons. The molecule has 0 aromatic rings. The van der Waals surface area contributed by atoms with Crippen LogP contribution in [0.15, 0.2) is 0 Å². The third kappa shape index (κ3) is 5.30. The Morgan fingerprint density at radius 2 is 1.83 bits per heavy atom. The van der Waals surface area contributed by atoms with Crippen molar-refractivity contribution in [2.45, 2.75) is 79.1 Å². The van der Waals surface area contributed by atoms with E-state index in [1.165, 1.54) is 64.5 Å². The zero-order valence-electron chi connectivity index (χ0n) is 13.2. The quantitative estimate of drug-likeness (QED) is 0.641. The molecule has 0 aromatic heterocycles. The Balaban J connectivity index is 2.30. The van der Waals surface area contributed by atoms with Crippen molar-refractivity contribution in [2.24, 2.45) is 17.3 Å². The van der Waals surface area contributed by atoms with Gasteiger partial charge in [0.2, 0.25) is 0 Å². The van der Waals surface area contributed by atoms with Crippen LogP contribution in [0, 0.1) is 17.3 Å². The second-order valence-corrected chi connectivity index (χ2v) is 6.96. The van der Waals surface area contributed by atoms with E-state index in [0.29, 0.717) is 5.41 Å².